The number of carboxylic acid groups (broad SMARTS) is 1. The van der Waals surface area contributed by atoms with Gasteiger partial charge in [0, 0.05) is 43.7 Å². The van der Waals surface area contributed by atoms with Gasteiger partial charge in [-0.15, -0.1) is 0 Å². The molecular formula is C29H29N5O4. The molecule has 6 rings (SSSR count). The van der Waals surface area contributed by atoms with Crippen molar-refractivity contribution in [2.75, 3.05) is 19.7 Å². The molecular weight excluding hydrogens is 482 g/mol. The highest BCUT2D eigenvalue weighted by Crippen LogP contribution is 2.26. The Kier molecular flexibility index (Phi) is 6.85. The van der Waals surface area contributed by atoms with Crippen LogP contribution < -0.4 is 4.74 Å². The normalized spacial score (nSPS) is 17.7. The minimum Gasteiger partial charge on any atom is -0.478 e. The summed E-state index contributed by atoms with van der Waals surface area (Å²) < 4.78 is 13.7. The van der Waals surface area contributed by atoms with E-state index < -0.39 is 5.97 Å². The van der Waals surface area contributed by atoms with Crippen LogP contribution in [0.25, 0.3) is 16.6 Å². The zero-order valence-electron chi connectivity index (χ0n) is 21.0. The van der Waals surface area contributed by atoms with Crippen molar-refractivity contribution in [3.8, 4) is 5.88 Å². The maximum absolute atomic E-state index is 11.6. The van der Waals surface area contributed by atoms with E-state index in [1.165, 1.54) is 5.57 Å². The minimum atomic E-state index is -0.935. The number of ether oxygens (including phenoxy) is 2. The Morgan fingerprint density at radius 3 is 2.82 bits per heavy atom. The Morgan fingerprint density at radius 2 is 2.08 bits per heavy atom. The molecule has 0 saturated carbocycles. The van der Waals surface area contributed by atoms with Gasteiger partial charge in [-0.05, 0) is 48.7 Å². The van der Waals surface area contributed by atoms with Crippen LogP contribution in [0.5, 0.6) is 5.88 Å². The van der Waals surface area contributed by atoms with E-state index in [4.69, 9.17) is 19.4 Å². The summed E-state index contributed by atoms with van der Waals surface area (Å²) in [5.74, 6) is 0.594. The van der Waals surface area contributed by atoms with Gasteiger partial charge in [0.15, 0.2) is 0 Å². The van der Waals surface area contributed by atoms with Gasteiger partial charge in [-0.25, -0.2) is 14.8 Å². The third-order valence-electron chi connectivity index (χ3n) is 7.07. The lowest BCUT2D eigenvalue weighted by Crippen LogP contribution is -2.33. The molecule has 0 radical (unpaired) electrons. The van der Waals surface area contributed by atoms with E-state index in [1.807, 2.05) is 30.3 Å². The molecule has 0 aliphatic carbocycles. The molecule has 9 nitrogen and oxygen atoms in total. The number of rotatable bonds is 9. The lowest BCUT2D eigenvalue weighted by atomic mass is 10.0. The van der Waals surface area contributed by atoms with E-state index >= 15 is 0 Å². The van der Waals surface area contributed by atoms with E-state index in [0.717, 1.165) is 60.7 Å². The average Bonchev–Trinajstić information content (AvgIpc) is 3.26. The summed E-state index contributed by atoms with van der Waals surface area (Å²) in [5, 5.41) is 9.48. The van der Waals surface area contributed by atoms with Gasteiger partial charge in [0.05, 0.1) is 41.5 Å². The first-order valence-electron chi connectivity index (χ1n) is 12.9. The number of carbonyl (C=O) groups is 1. The molecule has 0 bridgehead atoms. The average molecular weight is 512 g/mol. The molecule has 38 heavy (non-hydrogen) atoms. The Balaban J connectivity index is 1.16. The van der Waals surface area contributed by atoms with Crippen molar-refractivity contribution < 1.29 is 19.4 Å². The molecule has 0 unspecified atom stereocenters. The van der Waals surface area contributed by atoms with E-state index in [2.05, 4.69) is 20.5 Å². The summed E-state index contributed by atoms with van der Waals surface area (Å²) in [6.45, 7) is 4.21. The van der Waals surface area contributed by atoms with E-state index in [0.29, 0.717) is 25.6 Å². The highest BCUT2D eigenvalue weighted by atomic mass is 16.5. The Hall–Kier alpha value is -4.08. The first-order valence-corrected chi connectivity index (χ1v) is 12.9. The Bertz CT molecular complexity index is 1480. The van der Waals surface area contributed by atoms with Crippen LogP contribution in [0.15, 0.2) is 67.0 Å². The van der Waals surface area contributed by atoms with Crippen molar-refractivity contribution in [3.05, 3.63) is 89.6 Å². The van der Waals surface area contributed by atoms with Crippen molar-refractivity contribution >= 4 is 22.6 Å². The number of imidazole rings is 1. The second-order valence-electron chi connectivity index (χ2n) is 9.65. The predicted molar refractivity (Wildman–Crippen MR) is 142 cm³/mol. The summed E-state index contributed by atoms with van der Waals surface area (Å²) >= 11 is 0. The number of aromatic nitrogens is 4. The van der Waals surface area contributed by atoms with Crippen LogP contribution in [-0.2, 0) is 24.4 Å². The zero-order valence-corrected chi connectivity index (χ0v) is 21.0. The van der Waals surface area contributed by atoms with Crippen LogP contribution in [0.4, 0.5) is 0 Å². The summed E-state index contributed by atoms with van der Waals surface area (Å²) in [4.78, 5) is 27.6. The van der Waals surface area contributed by atoms with Crippen molar-refractivity contribution in [2.24, 2.45) is 0 Å². The molecule has 9 heteroatoms. The van der Waals surface area contributed by atoms with Gasteiger partial charge in [0.1, 0.15) is 12.4 Å². The van der Waals surface area contributed by atoms with Crippen molar-refractivity contribution in [2.45, 2.75) is 38.6 Å². The summed E-state index contributed by atoms with van der Waals surface area (Å²) in [6, 6.07) is 14.9. The van der Waals surface area contributed by atoms with Crippen LogP contribution in [0.1, 0.15) is 40.3 Å². The summed E-state index contributed by atoms with van der Waals surface area (Å²) in [7, 11) is 0. The predicted octanol–water partition coefficient (Wildman–Crippen LogP) is 4.18. The summed E-state index contributed by atoms with van der Waals surface area (Å²) in [5.41, 5.74) is 5.06. The monoisotopic (exact) mass is 511 g/mol. The van der Waals surface area contributed by atoms with Crippen LogP contribution in [-0.4, -0.2) is 61.3 Å². The van der Waals surface area contributed by atoms with Crippen LogP contribution in [0.2, 0.25) is 0 Å². The fraction of sp³-hybridized carbons (Fsp3) is 0.310. The molecule has 1 atom stereocenters. The maximum atomic E-state index is 11.6. The third kappa shape index (κ3) is 5.29. The van der Waals surface area contributed by atoms with Gasteiger partial charge in [-0.3, -0.25) is 9.88 Å². The fourth-order valence-corrected chi connectivity index (χ4v) is 4.86. The highest BCUT2D eigenvalue weighted by molar-refractivity contribution is 5.92. The smallest absolute Gasteiger partial charge is 0.335 e. The molecule has 3 aromatic heterocycles. The lowest BCUT2D eigenvalue weighted by molar-refractivity contribution is -0.0591. The number of pyridine rings is 2. The van der Waals surface area contributed by atoms with Crippen LogP contribution >= 0.6 is 0 Å². The number of carboxylic acids is 1. The third-order valence-corrected chi connectivity index (χ3v) is 7.07. The number of hydrogen-bond acceptors (Lipinski definition) is 7. The maximum Gasteiger partial charge on any atom is 0.335 e. The van der Waals surface area contributed by atoms with Crippen molar-refractivity contribution in [1.82, 2.24) is 24.4 Å². The Morgan fingerprint density at radius 1 is 1.16 bits per heavy atom. The SMILES string of the molecule is O=C(O)c1ccc2nc(CN3CC=C(c4cccc(OCc5cccnc5)n4)CC3)n(C[C@@H]3CCO3)c2c1. The van der Waals surface area contributed by atoms with Gasteiger partial charge in [-0.2, -0.15) is 0 Å². The molecule has 1 N–H and O–H groups in total. The lowest BCUT2D eigenvalue weighted by Gasteiger charge is -2.29. The van der Waals surface area contributed by atoms with Crippen molar-refractivity contribution in [3.63, 3.8) is 0 Å². The molecule has 2 aliphatic heterocycles. The molecule has 194 valence electrons. The first-order chi connectivity index (χ1) is 18.6. The quantitative estimate of drug-likeness (QED) is 0.357. The molecule has 2 aliphatic rings. The fourth-order valence-electron chi connectivity index (χ4n) is 4.86. The number of fused-ring (bicyclic) bond motifs is 1. The van der Waals surface area contributed by atoms with Crippen molar-refractivity contribution in [1.29, 1.82) is 0 Å². The second-order valence-corrected chi connectivity index (χ2v) is 9.65. The number of benzene rings is 1. The van der Waals surface area contributed by atoms with Gasteiger partial charge >= 0.3 is 5.97 Å². The van der Waals surface area contributed by atoms with E-state index in [1.54, 1.807) is 30.6 Å². The largest absolute Gasteiger partial charge is 0.478 e. The number of hydrogen-bond donors (Lipinski definition) is 1. The van der Waals surface area contributed by atoms with Crippen LogP contribution in [0, 0.1) is 0 Å². The van der Waals surface area contributed by atoms with Gasteiger partial charge < -0.3 is 19.1 Å². The highest BCUT2D eigenvalue weighted by Gasteiger charge is 2.24. The first kappa shape index (κ1) is 24.3. The minimum absolute atomic E-state index is 0.145. The molecule has 1 saturated heterocycles. The van der Waals surface area contributed by atoms with Gasteiger partial charge in [0.2, 0.25) is 5.88 Å². The van der Waals surface area contributed by atoms with E-state index in [-0.39, 0.29) is 11.7 Å². The standard InChI is InChI=1S/C29H29N5O4/c35-29(36)22-6-7-25-26(15-22)34(17-23-10-14-37-23)27(31-25)18-33-12-8-21(9-13-33)24-4-1-5-28(32-24)38-19-20-3-2-11-30-16-20/h1-8,11,15-16,23H,9-10,12-14,17-19H2,(H,35,36)/t23-/m0/s1. The van der Waals surface area contributed by atoms with Crippen LogP contribution in [0.3, 0.4) is 0 Å². The topological polar surface area (TPSA) is 103 Å². The zero-order chi connectivity index (χ0) is 25.9. The Labute approximate surface area is 220 Å². The molecule has 4 aromatic rings. The second kappa shape index (κ2) is 10.7. The summed E-state index contributed by atoms with van der Waals surface area (Å²) in [6.07, 6.45) is 7.78. The van der Waals surface area contributed by atoms with Gasteiger partial charge in [0.25, 0.3) is 0 Å². The number of aromatic carboxylic acids is 1. The molecule has 1 fully saturated rings. The van der Waals surface area contributed by atoms with E-state index in [9.17, 15) is 9.90 Å². The molecule has 5 heterocycles. The molecule has 0 spiro atoms. The van der Waals surface area contributed by atoms with Gasteiger partial charge in [-0.1, -0.05) is 18.2 Å². The number of nitrogens with zero attached hydrogens (tertiary/aromatic N) is 5. The molecule has 1 aromatic carbocycles. The molecule has 0 amide bonds.